The number of nitrogens with one attached hydrogen (secondary N) is 1. The zero-order chi connectivity index (χ0) is 15.5. The minimum atomic E-state index is -0.217. The molecular weight excluding hydrogens is 281 g/mol. The van der Waals surface area contributed by atoms with Gasteiger partial charge in [-0.1, -0.05) is 12.1 Å². The topological polar surface area (TPSA) is 43.0 Å². The Balaban J connectivity index is 1.65. The molecule has 22 heavy (non-hydrogen) atoms. The molecule has 0 bridgehead atoms. The van der Waals surface area contributed by atoms with Crippen LogP contribution in [0, 0.1) is 12.7 Å². The fraction of sp³-hybridized carbons (Fsp3) is 0.235. The molecule has 3 rings (SSSR count). The number of aromatic nitrogens is 2. The summed E-state index contributed by atoms with van der Waals surface area (Å²) in [5, 5.41) is 7.42. The number of nitrogens with zero attached hydrogens (tertiary/aromatic N) is 2. The van der Waals surface area contributed by atoms with Crippen LogP contribution in [0.2, 0.25) is 0 Å². The van der Waals surface area contributed by atoms with E-state index < -0.39 is 0 Å². The maximum Gasteiger partial charge on any atom is 0.134 e. The molecule has 0 radical (unpaired) electrons. The Hall–Kier alpha value is -2.40. The molecule has 0 spiro atoms. The van der Waals surface area contributed by atoms with Crippen LogP contribution in [0.15, 0.2) is 47.1 Å². The Kier molecular flexibility index (Phi) is 4.06. The van der Waals surface area contributed by atoms with Crippen molar-refractivity contribution in [2.24, 2.45) is 7.05 Å². The maximum atomic E-state index is 13.6. The summed E-state index contributed by atoms with van der Waals surface area (Å²) >= 11 is 0. The summed E-state index contributed by atoms with van der Waals surface area (Å²) in [5.41, 5.74) is 2.51. The highest BCUT2D eigenvalue weighted by atomic mass is 19.1. The molecule has 0 aliphatic rings. The molecular formula is C17H18FN3O. The highest BCUT2D eigenvalue weighted by molar-refractivity contribution is 5.62. The van der Waals surface area contributed by atoms with Crippen LogP contribution in [-0.4, -0.2) is 9.78 Å². The Morgan fingerprint density at radius 2 is 2.09 bits per heavy atom. The zero-order valence-electron chi connectivity index (χ0n) is 12.6. The molecule has 114 valence electrons. The number of furan rings is 1. The number of rotatable bonds is 5. The van der Waals surface area contributed by atoms with Crippen molar-refractivity contribution in [2.75, 3.05) is 0 Å². The van der Waals surface area contributed by atoms with Crippen molar-refractivity contribution in [2.45, 2.75) is 20.0 Å². The van der Waals surface area contributed by atoms with Gasteiger partial charge in [-0.3, -0.25) is 4.68 Å². The summed E-state index contributed by atoms with van der Waals surface area (Å²) in [6, 6.07) is 8.81. The lowest BCUT2D eigenvalue weighted by Crippen LogP contribution is -2.11. The minimum absolute atomic E-state index is 0.217. The van der Waals surface area contributed by atoms with Crippen LogP contribution < -0.4 is 5.32 Å². The molecule has 4 nitrogen and oxygen atoms in total. The summed E-state index contributed by atoms with van der Waals surface area (Å²) in [5.74, 6) is 1.29. The van der Waals surface area contributed by atoms with E-state index in [4.69, 9.17) is 4.42 Å². The van der Waals surface area contributed by atoms with E-state index >= 15 is 0 Å². The Labute approximate surface area is 128 Å². The zero-order valence-corrected chi connectivity index (χ0v) is 12.6. The van der Waals surface area contributed by atoms with Crippen LogP contribution in [0.25, 0.3) is 11.3 Å². The lowest BCUT2D eigenvalue weighted by atomic mass is 10.1. The van der Waals surface area contributed by atoms with Gasteiger partial charge in [0.1, 0.15) is 17.3 Å². The molecule has 1 aromatic carbocycles. The van der Waals surface area contributed by atoms with Gasteiger partial charge in [0.15, 0.2) is 0 Å². The smallest absolute Gasteiger partial charge is 0.134 e. The molecule has 2 heterocycles. The summed E-state index contributed by atoms with van der Waals surface area (Å²) < 4.78 is 21.2. The fourth-order valence-corrected chi connectivity index (χ4v) is 2.39. The second-order valence-corrected chi connectivity index (χ2v) is 5.30. The molecule has 0 atom stereocenters. The lowest BCUT2D eigenvalue weighted by Gasteiger charge is -2.04. The average Bonchev–Trinajstić information content (AvgIpc) is 3.12. The predicted molar refractivity (Wildman–Crippen MR) is 82.6 cm³/mol. The summed E-state index contributed by atoms with van der Waals surface area (Å²) in [6.45, 7) is 3.10. The van der Waals surface area contributed by atoms with Gasteiger partial charge < -0.3 is 9.73 Å². The SMILES string of the molecule is Cc1c(F)cccc1-c1ccc(CNCc2cnn(C)c2)o1. The molecule has 1 N–H and O–H groups in total. The first-order valence-corrected chi connectivity index (χ1v) is 7.16. The predicted octanol–water partition coefficient (Wildman–Crippen LogP) is 3.42. The molecule has 0 aliphatic heterocycles. The summed E-state index contributed by atoms with van der Waals surface area (Å²) in [7, 11) is 1.89. The van der Waals surface area contributed by atoms with E-state index in [1.54, 1.807) is 17.7 Å². The van der Waals surface area contributed by atoms with Gasteiger partial charge in [-0.05, 0) is 30.7 Å². The van der Waals surface area contributed by atoms with Crippen molar-refractivity contribution >= 4 is 0 Å². The number of aryl methyl sites for hydroxylation is 1. The molecule has 0 saturated carbocycles. The first-order valence-electron chi connectivity index (χ1n) is 7.16. The van der Waals surface area contributed by atoms with E-state index in [0.29, 0.717) is 17.9 Å². The number of halogens is 1. The Morgan fingerprint density at radius 3 is 2.86 bits per heavy atom. The van der Waals surface area contributed by atoms with Gasteiger partial charge in [0, 0.05) is 30.9 Å². The van der Waals surface area contributed by atoms with E-state index in [9.17, 15) is 4.39 Å². The van der Waals surface area contributed by atoms with Gasteiger partial charge in [-0.25, -0.2) is 4.39 Å². The first kappa shape index (κ1) is 14.5. The minimum Gasteiger partial charge on any atom is -0.460 e. The standard InChI is InChI=1S/C17H18FN3O/c1-12-15(4-3-5-16(12)18)17-7-6-14(22-17)10-19-8-13-9-20-21(2)11-13/h3-7,9,11,19H,8,10H2,1-2H3. The molecule has 5 heteroatoms. The highest BCUT2D eigenvalue weighted by Gasteiger charge is 2.10. The van der Waals surface area contributed by atoms with Gasteiger partial charge in [-0.2, -0.15) is 5.10 Å². The van der Waals surface area contributed by atoms with E-state index in [-0.39, 0.29) is 5.82 Å². The molecule has 0 fully saturated rings. The number of hydrogen-bond acceptors (Lipinski definition) is 3. The third kappa shape index (κ3) is 3.09. The number of hydrogen-bond donors (Lipinski definition) is 1. The van der Waals surface area contributed by atoms with Crippen LogP contribution in [0.1, 0.15) is 16.9 Å². The molecule has 0 aliphatic carbocycles. The van der Waals surface area contributed by atoms with Crippen LogP contribution in [-0.2, 0) is 20.1 Å². The van der Waals surface area contributed by atoms with Crippen molar-refractivity contribution in [3.8, 4) is 11.3 Å². The van der Waals surface area contributed by atoms with Crippen LogP contribution in [0.5, 0.6) is 0 Å². The summed E-state index contributed by atoms with van der Waals surface area (Å²) in [6.07, 6.45) is 3.80. The first-order chi connectivity index (χ1) is 10.6. The van der Waals surface area contributed by atoms with E-state index in [1.165, 1.54) is 6.07 Å². The van der Waals surface area contributed by atoms with Crippen molar-refractivity contribution in [3.63, 3.8) is 0 Å². The number of benzene rings is 1. The van der Waals surface area contributed by atoms with E-state index in [1.807, 2.05) is 37.6 Å². The van der Waals surface area contributed by atoms with Crippen molar-refractivity contribution < 1.29 is 8.81 Å². The molecule has 0 saturated heterocycles. The molecule has 0 unspecified atom stereocenters. The third-order valence-corrected chi connectivity index (χ3v) is 3.58. The average molecular weight is 299 g/mol. The summed E-state index contributed by atoms with van der Waals surface area (Å²) in [4.78, 5) is 0. The normalized spacial score (nSPS) is 11.0. The molecule has 2 aromatic heterocycles. The van der Waals surface area contributed by atoms with Crippen LogP contribution in [0.4, 0.5) is 4.39 Å². The van der Waals surface area contributed by atoms with Crippen LogP contribution in [0.3, 0.4) is 0 Å². The van der Waals surface area contributed by atoms with Gasteiger partial charge >= 0.3 is 0 Å². The lowest BCUT2D eigenvalue weighted by molar-refractivity contribution is 0.492. The van der Waals surface area contributed by atoms with E-state index in [0.717, 1.165) is 23.4 Å². The molecule has 3 aromatic rings. The second-order valence-electron chi connectivity index (χ2n) is 5.30. The largest absolute Gasteiger partial charge is 0.460 e. The van der Waals surface area contributed by atoms with Crippen molar-refractivity contribution in [1.82, 2.24) is 15.1 Å². The van der Waals surface area contributed by atoms with Gasteiger partial charge in [-0.15, -0.1) is 0 Å². The third-order valence-electron chi connectivity index (χ3n) is 3.58. The quantitative estimate of drug-likeness (QED) is 0.785. The Morgan fingerprint density at radius 1 is 1.23 bits per heavy atom. The van der Waals surface area contributed by atoms with Gasteiger partial charge in [0.05, 0.1) is 12.7 Å². The Bertz CT molecular complexity index is 776. The van der Waals surface area contributed by atoms with Crippen molar-refractivity contribution in [1.29, 1.82) is 0 Å². The van der Waals surface area contributed by atoms with Gasteiger partial charge in [0.25, 0.3) is 0 Å². The fourth-order valence-electron chi connectivity index (χ4n) is 2.39. The van der Waals surface area contributed by atoms with Crippen LogP contribution >= 0.6 is 0 Å². The molecule has 0 amide bonds. The monoisotopic (exact) mass is 299 g/mol. The van der Waals surface area contributed by atoms with Gasteiger partial charge in [0.2, 0.25) is 0 Å². The second kappa shape index (κ2) is 6.15. The maximum absolute atomic E-state index is 13.6. The van der Waals surface area contributed by atoms with Crippen molar-refractivity contribution in [3.05, 3.63) is 65.4 Å². The van der Waals surface area contributed by atoms with E-state index in [2.05, 4.69) is 10.4 Å². The highest BCUT2D eigenvalue weighted by Crippen LogP contribution is 2.26.